The largest absolute Gasteiger partial charge is 0.396 e. The second-order valence-electron chi connectivity index (χ2n) is 10.2. The zero-order chi connectivity index (χ0) is 26.9. The molecule has 9 nitrogen and oxygen atoms in total. The number of hydrogen-bond donors (Lipinski definition) is 3. The van der Waals surface area contributed by atoms with Crippen molar-refractivity contribution in [2.75, 3.05) is 32.8 Å². The van der Waals surface area contributed by atoms with Crippen molar-refractivity contribution in [1.82, 2.24) is 34.9 Å². The number of rotatable bonds is 7. The van der Waals surface area contributed by atoms with E-state index >= 15 is 4.39 Å². The second kappa shape index (κ2) is 10.5. The summed E-state index contributed by atoms with van der Waals surface area (Å²) in [6.45, 7) is 3.33. The number of aliphatic hydroxyl groups excluding tert-OH is 1. The van der Waals surface area contributed by atoms with E-state index in [9.17, 15) is 9.90 Å². The van der Waals surface area contributed by atoms with Crippen molar-refractivity contribution in [2.24, 2.45) is 13.0 Å². The maximum atomic E-state index is 15.3. The first-order chi connectivity index (χ1) is 19.0. The minimum atomic E-state index is -0.442. The van der Waals surface area contributed by atoms with Crippen LogP contribution in [0, 0.1) is 11.7 Å². The molecule has 200 valence electrons. The number of aromatic nitrogens is 5. The Bertz CT molecular complexity index is 1640. The summed E-state index contributed by atoms with van der Waals surface area (Å²) in [5.41, 5.74) is 4.50. The monoisotopic (exact) mass is 527 g/mol. The van der Waals surface area contributed by atoms with Gasteiger partial charge in [-0.3, -0.25) is 14.5 Å². The predicted molar refractivity (Wildman–Crippen MR) is 148 cm³/mol. The lowest BCUT2D eigenvalue weighted by Gasteiger charge is -2.31. The molecular formula is C29H30FN7O2. The van der Waals surface area contributed by atoms with Gasteiger partial charge >= 0.3 is 0 Å². The van der Waals surface area contributed by atoms with Gasteiger partial charge in [0, 0.05) is 66.9 Å². The molecule has 5 heterocycles. The van der Waals surface area contributed by atoms with Crippen molar-refractivity contribution < 1.29 is 14.3 Å². The molecule has 1 aromatic carbocycles. The van der Waals surface area contributed by atoms with Gasteiger partial charge in [-0.25, -0.2) is 9.37 Å². The molecular weight excluding hydrogens is 497 g/mol. The molecule has 6 rings (SSSR count). The van der Waals surface area contributed by atoms with E-state index in [1.807, 2.05) is 19.3 Å². The van der Waals surface area contributed by atoms with E-state index in [2.05, 4.69) is 30.3 Å². The molecule has 1 fully saturated rings. The van der Waals surface area contributed by atoms with Crippen LogP contribution >= 0.6 is 0 Å². The normalized spacial score (nSPS) is 16.2. The summed E-state index contributed by atoms with van der Waals surface area (Å²) in [5.74, 6) is -0.294. The van der Waals surface area contributed by atoms with Crippen LogP contribution < -0.4 is 5.32 Å². The predicted octanol–water partition coefficient (Wildman–Crippen LogP) is 3.75. The summed E-state index contributed by atoms with van der Waals surface area (Å²) in [5, 5.41) is 18.1. The Labute approximate surface area is 224 Å². The third-order valence-electron chi connectivity index (χ3n) is 7.47. The Morgan fingerprint density at radius 3 is 2.79 bits per heavy atom. The third-order valence-corrected chi connectivity index (χ3v) is 7.47. The number of piperidine rings is 1. The highest BCUT2D eigenvalue weighted by atomic mass is 19.1. The Hall–Kier alpha value is -4.15. The number of amides is 1. The van der Waals surface area contributed by atoms with Gasteiger partial charge < -0.3 is 20.3 Å². The molecule has 4 aromatic heterocycles. The summed E-state index contributed by atoms with van der Waals surface area (Å²) in [6.07, 6.45) is 8.68. The first-order valence-electron chi connectivity index (χ1n) is 13.2. The van der Waals surface area contributed by atoms with E-state index in [4.69, 9.17) is 0 Å². The van der Waals surface area contributed by atoms with Gasteiger partial charge in [0.25, 0.3) is 5.91 Å². The summed E-state index contributed by atoms with van der Waals surface area (Å²) in [7, 11) is 1.84. The molecule has 1 aliphatic rings. The highest BCUT2D eigenvalue weighted by molar-refractivity contribution is 6.13. The lowest BCUT2D eigenvalue weighted by molar-refractivity contribution is 0.0930. The van der Waals surface area contributed by atoms with Gasteiger partial charge in [-0.05, 0) is 49.1 Å². The lowest BCUT2D eigenvalue weighted by atomic mass is 9.99. The second-order valence-corrected chi connectivity index (χ2v) is 10.2. The zero-order valence-electron chi connectivity index (χ0n) is 21.7. The Balaban J connectivity index is 1.24. The van der Waals surface area contributed by atoms with Gasteiger partial charge in [-0.15, -0.1) is 0 Å². The number of likely N-dealkylation sites (tertiary alicyclic amines) is 1. The van der Waals surface area contributed by atoms with E-state index in [1.54, 1.807) is 41.3 Å². The number of benzene rings is 1. The molecule has 39 heavy (non-hydrogen) atoms. The molecule has 3 N–H and O–H groups in total. The molecule has 0 unspecified atom stereocenters. The van der Waals surface area contributed by atoms with Crippen LogP contribution in [0.2, 0.25) is 0 Å². The molecule has 10 heteroatoms. The zero-order valence-corrected chi connectivity index (χ0v) is 21.7. The Morgan fingerprint density at radius 2 is 2.03 bits per heavy atom. The van der Waals surface area contributed by atoms with Crippen molar-refractivity contribution in [3.8, 4) is 22.4 Å². The highest BCUT2D eigenvalue weighted by Crippen LogP contribution is 2.36. The fraction of sp³-hybridized carbons (Fsp3) is 0.310. The SMILES string of the molecule is Cn1cc(-c2cc3c(cn2)[nH]c2ncc(F)c(-c4ccc(C(=O)NCCN5CCC[C@@H](CO)C5)cc4)c23)cn1. The number of fused-ring (bicyclic) bond motifs is 3. The summed E-state index contributed by atoms with van der Waals surface area (Å²) >= 11 is 0. The minimum Gasteiger partial charge on any atom is -0.396 e. The van der Waals surface area contributed by atoms with Crippen LogP contribution in [0.3, 0.4) is 0 Å². The average molecular weight is 528 g/mol. The number of nitrogens with zero attached hydrogens (tertiary/aromatic N) is 5. The molecule has 1 amide bonds. The van der Waals surface area contributed by atoms with Crippen LogP contribution in [0.25, 0.3) is 44.3 Å². The van der Waals surface area contributed by atoms with Crippen LogP contribution in [-0.4, -0.2) is 73.4 Å². The molecule has 0 bridgehead atoms. The van der Waals surface area contributed by atoms with Gasteiger partial charge in [-0.2, -0.15) is 5.10 Å². The smallest absolute Gasteiger partial charge is 0.251 e. The third kappa shape index (κ3) is 5.00. The fourth-order valence-electron chi connectivity index (χ4n) is 5.45. The number of nitrogens with one attached hydrogen (secondary N) is 2. The summed E-state index contributed by atoms with van der Waals surface area (Å²) in [4.78, 5) is 27.1. The van der Waals surface area contributed by atoms with Crippen molar-refractivity contribution in [3.63, 3.8) is 0 Å². The number of carbonyl (C=O) groups excluding carboxylic acids is 1. The minimum absolute atomic E-state index is 0.170. The van der Waals surface area contributed by atoms with E-state index in [0.717, 1.165) is 54.6 Å². The van der Waals surface area contributed by atoms with Crippen molar-refractivity contribution >= 4 is 27.8 Å². The number of aromatic amines is 1. The topological polar surface area (TPSA) is 112 Å². The molecule has 0 saturated carbocycles. The molecule has 1 aliphatic heterocycles. The van der Waals surface area contributed by atoms with Gasteiger partial charge in [0.05, 0.1) is 29.8 Å². The van der Waals surface area contributed by atoms with Gasteiger partial charge in [0.1, 0.15) is 11.5 Å². The van der Waals surface area contributed by atoms with Crippen LogP contribution in [0.1, 0.15) is 23.2 Å². The Kier molecular flexibility index (Phi) is 6.80. The molecule has 5 aromatic rings. The molecule has 1 saturated heterocycles. The van der Waals surface area contributed by atoms with E-state index in [0.29, 0.717) is 40.2 Å². The standard InChI is InChI=1S/C29H30FN7O2/c1-36-16-21(12-34-36)24-11-22-25(14-32-24)35-28-27(22)26(23(30)13-33-28)19-4-6-20(7-5-19)29(39)31-8-10-37-9-2-3-18(15-37)17-38/h4-7,11-14,16,18,38H,2-3,8-10,15,17H2,1H3,(H,31,39)(H,33,35)/t18-/m1/s1. The van der Waals surface area contributed by atoms with Gasteiger partial charge in [-0.1, -0.05) is 12.1 Å². The average Bonchev–Trinajstić information content (AvgIpc) is 3.56. The number of aryl methyl sites for hydroxylation is 1. The quantitative estimate of drug-likeness (QED) is 0.297. The number of carbonyl (C=O) groups is 1. The lowest BCUT2D eigenvalue weighted by Crippen LogP contribution is -2.41. The summed E-state index contributed by atoms with van der Waals surface area (Å²) < 4.78 is 17.0. The molecule has 0 aliphatic carbocycles. The van der Waals surface area contributed by atoms with Crippen molar-refractivity contribution in [2.45, 2.75) is 12.8 Å². The summed E-state index contributed by atoms with van der Waals surface area (Å²) in [6, 6.07) is 8.90. The van der Waals surface area contributed by atoms with Crippen molar-refractivity contribution in [3.05, 3.63) is 66.5 Å². The molecule has 1 atom stereocenters. The first-order valence-corrected chi connectivity index (χ1v) is 13.2. The highest BCUT2D eigenvalue weighted by Gasteiger charge is 2.20. The number of hydrogen-bond acceptors (Lipinski definition) is 6. The van der Waals surface area contributed by atoms with E-state index < -0.39 is 5.82 Å². The fourth-order valence-corrected chi connectivity index (χ4v) is 5.45. The van der Waals surface area contributed by atoms with Crippen LogP contribution in [0.5, 0.6) is 0 Å². The Morgan fingerprint density at radius 1 is 1.18 bits per heavy atom. The first kappa shape index (κ1) is 25.1. The van der Waals surface area contributed by atoms with Gasteiger partial charge in [0.2, 0.25) is 0 Å². The van der Waals surface area contributed by atoms with Crippen LogP contribution in [-0.2, 0) is 7.05 Å². The number of pyridine rings is 2. The molecule has 0 radical (unpaired) electrons. The van der Waals surface area contributed by atoms with Crippen molar-refractivity contribution in [1.29, 1.82) is 0 Å². The number of H-pyrrole nitrogens is 1. The van der Waals surface area contributed by atoms with Crippen LogP contribution in [0.4, 0.5) is 4.39 Å². The maximum Gasteiger partial charge on any atom is 0.251 e. The van der Waals surface area contributed by atoms with E-state index in [-0.39, 0.29) is 12.5 Å². The number of aliphatic hydroxyl groups is 1. The van der Waals surface area contributed by atoms with Gasteiger partial charge in [0.15, 0.2) is 0 Å². The van der Waals surface area contributed by atoms with Crippen LogP contribution in [0.15, 0.2) is 55.1 Å². The maximum absolute atomic E-state index is 15.3. The molecule has 0 spiro atoms. The number of halogens is 1. The van der Waals surface area contributed by atoms with E-state index in [1.165, 1.54) is 6.20 Å².